The zero-order valence-electron chi connectivity index (χ0n) is 17.1. The third-order valence-corrected chi connectivity index (χ3v) is 5.16. The molecule has 0 bridgehead atoms. The number of carbonyl (C=O) groups is 3. The molecule has 1 aliphatic carbocycles. The van der Waals surface area contributed by atoms with Gasteiger partial charge < -0.3 is 20.1 Å². The van der Waals surface area contributed by atoms with Crippen LogP contribution in [0, 0.1) is 0 Å². The third kappa shape index (κ3) is 4.63. The second-order valence-corrected chi connectivity index (χ2v) is 7.52. The van der Waals surface area contributed by atoms with Crippen molar-refractivity contribution in [1.29, 1.82) is 0 Å². The largest absolute Gasteiger partial charge is 0.490 e. The molecule has 8 nitrogen and oxygen atoms in total. The van der Waals surface area contributed by atoms with Gasteiger partial charge in [-0.2, -0.15) is 0 Å². The summed E-state index contributed by atoms with van der Waals surface area (Å²) >= 11 is 0. The molecule has 4 amide bonds. The van der Waals surface area contributed by atoms with Crippen LogP contribution in [0.15, 0.2) is 18.2 Å². The topological polar surface area (TPSA) is 97.0 Å². The summed E-state index contributed by atoms with van der Waals surface area (Å²) in [7, 11) is 0. The number of benzene rings is 1. The van der Waals surface area contributed by atoms with Crippen LogP contribution in [-0.2, 0) is 9.59 Å². The predicted octanol–water partition coefficient (Wildman–Crippen LogP) is 3.07. The summed E-state index contributed by atoms with van der Waals surface area (Å²) in [5.41, 5.74) is -0.288. The number of hydrogen-bond acceptors (Lipinski definition) is 5. The molecule has 1 aliphatic heterocycles. The predicted molar refractivity (Wildman–Crippen MR) is 108 cm³/mol. The molecule has 1 spiro atoms. The van der Waals surface area contributed by atoms with Crippen molar-refractivity contribution in [3.8, 4) is 11.5 Å². The molecule has 2 N–H and O–H groups in total. The third-order valence-electron chi connectivity index (χ3n) is 5.16. The second kappa shape index (κ2) is 9.15. The number of ether oxygens (including phenoxy) is 2. The van der Waals surface area contributed by atoms with Gasteiger partial charge in [0, 0.05) is 11.8 Å². The number of carbonyl (C=O) groups excluding carboxylic acids is 3. The van der Waals surface area contributed by atoms with Gasteiger partial charge in [0.2, 0.25) is 5.91 Å². The number of nitrogens with one attached hydrogen (secondary N) is 2. The van der Waals surface area contributed by atoms with Gasteiger partial charge in [-0.1, -0.05) is 26.7 Å². The number of urea groups is 1. The fourth-order valence-electron chi connectivity index (χ4n) is 3.72. The quantitative estimate of drug-likeness (QED) is 0.618. The molecule has 3 rings (SSSR count). The molecule has 1 saturated carbocycles. The smallest absolute Gasteiger partial charge is 0.325 e. The minimum atomic E-state index is -0.809. The van der Waals surface area contributed by atoms with Crippen molar-refractivity contribution >= 4 is 23.5 Å². The SMILES string of the molecule is CCCOc1ccc(NC(=O)CN2C(=O)NC3(CCCC3)C2=O)cc1OCCC. The first-order valence-corrected chi connectivity index (χ1v) is 10.3. The lowest BCUT2D eigenvalue weighted by atomic mass is 9.98. The van der Waals surface area contributed by atoms with E-state index in [1.807, 2.05) is 13.8 Å². The Labute approximate surface area is 170 Å². The van der Waals surface area contributed by atoms with Crippen molar-refractivity contribution in [3.63, 3.8) is 0 Å². The molecule has 29 heavy (non-hydrogen) atoms. The Bertz CT molecular complexity index is 774. The second-order valence-electron chi connectivity index (χ2n) is 7.52. The molecule has 0 atom stereocenters. The van der Waals surface area contributed by atoms with E-state index >= 15 is 0 Å². The van der Waals surface area contributed by atoms with Gasteiger partial charge in [-0.15, -0.1) is 0 Å². The first kappa shape index (κ1) is 21.0. The van der Waals surface area contributed by atoms with E-state index in [4.69, 9.17) is 9.47 Å². The molecule has 1 saturated heterocycles. The van der Waals surface area contributed by atoms with Crippen LogP contribution in [-0.4, -0.2) is 48.0 Å². The number of amides is 4. The average Bonchev–Trinajstić information content (AvgIpc) is 3.26. The Hall–Kier alpha value is -2.77. The Kier molecular flexibility index (Phi) is 6.61. The van der Waals surface area contributed by atoms with E-state index < -0.39 is 17.5 Å². The molecule has 1 aromatic rings. The number of hydrogen-bond donors (Lipinski definition) is 2. The Morgan fingerprint density at radius 1 is 1.10 bits per heavy atom. The van der Waals surface area contributed by atoms with Crippen molar-refractivity contribution in [2.24, 2.45) is 0 Å². The maximum absolute atomic E-state index is 12.7. The van der Waals surface area contributed by atoms with E-state index in [-0.39, 0.29) is 12.5 Å². The summed E-state index contributed by atoms with van der Waals surface area (Å²) in [6, 6.07) is 4.66. The molecule has 1 heterocycles. The van der Waals surface area contributed by atoms with Gasteiger partial charge >= 0.3 is 6.03 Å². The summed E-state index contributed by atoms with van der Waals surface area (Å²) in [6.45, 7) is 4.82. The first-order chi connectivity index (χ1) is 14.0. The Balaban J connectivity index is 1.65. The van der Waals surface area contributed by atoms with Crippen molar-refractivity contribution in [1.82, 2.24) is 10.2 Å². The Morgan fingerprint density at radius 3 is 2.41 bits per heavy atom. The summed E-state index contributed by atoms with van der Waals surface area (Å²) in [5, 5.41) is 5.52. The molecule has 0 radical (unpaired) electrons. The molecular formula is C21H29N3O5. The van der Waals surface area contributed by atoms with Crippen LogP contribution in [0.2, 0.25) is 0 Å². The highest BCUT2D eigenvalue weighted by atomic mass is 16.5. The normalized spacial score (nSPS) is 17.5. The Morgan fingerprint density at radius 2 is 1.76 bits per heavy atom. The van der Waals surface area contributed by atoms with Gasteiger partial charge in [-0.25, -0.2) is 4.79 Å². The summed E-state index contributed by atoms with van der Waals surface area (Å²) in [4.78, 5) is 38.4. The lowest BCUT2D eigenvalue weighted by Crippen LogP contribution is -2.44. The monoisotopic (exact) mass is 403 g/mol. The van der Waals surface area contributed by atoms with Crippen LogP contribution in [0.4, 0.5) is 10.5 Å². The van der Waals surface area contributed by atoms with Gasteiger partial charge in [-0.3, -0.25) is 14.5 Å². The van der Waals surface area contributed by atoms with Gasteiger partial charge in [0.15, 0.2) is 11.5 Å². The van der Waals surface area contributed by atoms with Crippen LogP contribution >= 0.6 is 0 Å². The fourth-order valence-corrected chi connectivity index (χ4v) is 3.72. The molecule has 8 heteroatoms. The molecule has 2 fully saturated rings. The number of rotatable bonds is 9. The highest BCUT2D eigenvalue weighted by molar-refractivity contribution is 6.10. The van der Waals surface area contributed by atoms with E-state index in [1.54, 1.807) is 18.2 Å². The summed E-state index contributed by atoms with van der Waals surface area (Å²) < 4.78 is 11.4. The van der Waals surface area contributed by atoms with E-state index in [0.29, 0.717) is 43.2 Å². The van der Waals surface area contributed by atoms with Gasteiger partial charge in [0.05, 0.1) is 13.2 Å². The average molecular weight is 403 g/mol. The number of nitrogens with zero attached hydrogens (tertiary/aromatic N) is 1. The zero-order valence-corrected chi connectivity index (χ0v) is 17.1. The van der Waals surface area contributed by atoms with Gasteiger partial charge in [0.25, 0.3) is 5.91 Å². The van der Waals surface area contributed by atoms with Crippen LogP contribution in [0.3, 0.4) is 0 Å². The molecular weight excluding hydrogens is 374 g/mol. The fraction of sp³-hybridized carbons (Fsp3) is 0.571. The van der Waals surface area contributed by atoms with Crippen LogP contribution < -0.4 is 20.1 Å². The van der Waals surface area contributed by atoms with Crippen LogP contribution in [0.25, 0.3) is 0 Å². The van der Waals surface area contributed by atoms with Gasteiger partial charge in [-0.05, 0) is 37.8 Å². The van der Waals surface area contributed by atoms with Crippen LogP contribution in [0.5, 0.6) is 11.5 Å². The number of anilines is 1. The van der Waals surface area contributed by atoms with Crippen molar-refractivity contribution in [2.75, 3.05) is 25.1 Å². The number of imide groups is 1. The molecule has 158 valence electrons. The van der Waals surface area contributed by atoms with E-state index in [2.05, 4.69) is 10.6 Å². The lowest BCUT2D eigenvalue weighted by Gasteiger charge is -2.20. The van der Waals surface area contributed by atoms with Crippen LogP contribution in [0.1, 0.15) is 52.4 Å². The minimum absolute atomic E-state index is 0.301. The molecule has 0 aromatic heterocycles. The maximum atomic E-state index is 12.7. The summed E-state index contributed by atoms with van der Waals surface area (Å²) in [6.07, 6.45) is 4.79. The molecule has 2 aliphatic rings. The van der Waals surface area contributed by atoms with E-state index in [1.165, 1.54) is 0 Å². The highest BCUT2D eigenvalue weighted by Gasteiger charge is 2.52. The summed E-state index contributed by atoms with van der Waals surface area (Å²) in [5.74, 6) is 0.436. The van der Waals surface area contributed by atoms with Gasteiger partial charge in [0.1, 0.15) is 12.1 Å². The standard InChI is InChI=1S/C21H29N3O5/c1-3-11-28-16-8-7-15(13-17(16)29-12-4-2)22-18(25)14-24-19(26)21(23-20(24)27)9-5-6-10-21/h7-8,13H,3-6,9-12,14H2,1-2H3,(H,22,25)(H,23,27). The van der Waals surface area contributed by atoms with E-state index in [9.17, 15) is 14.4 Å². The minimum Gasteiger partial charge on any atom is -0.490 e. The van der Waals surface area contributed by atoms with Crippen molar-refractivity contribution < 1.29 is 23.9 Å². The van der Waals surface area contributed by atoms with Crippen molar-refractivity contribution in [2.45, 2.75) is 57.9 Å². The van der Waals surface area contributed by atoms with E-state index in [0.717, 1.165) is 30.6 Å². The molecule has 0 unspecified atom stereocenters. The van der Waals surface area contributed by atoms with Crippen molar-refractivity contribution in [3.05, 3.63) is 18.2 Å². The highest BCUT2D eigenvalue weighted by Crippen LogP contribution is 2.35. The zero-order chi connectivity index (χ0) is 20.9. The lowest BCUT2D eigenvalue weighted by molar-refractivity contribution is -0.133. The molecule has 1 aromatic carbocycles. The first-order valence-electron chi connectivity index (χ1n) is 10.3. The maximum Gasteiger partial charge on any atom is 0.325 e.